The van der Waals surface area contributed by atoms with E-state index >= 15 is 0 Å². The summed E-state index contributed by atoms with van der Waals surface area (Å²) in [5, 5.41) is 1.49. The second-order valence-corrected chi connectivity index (χ2v) is 5.46. The first-order chi connectivity index (χ1) is 4.91. The van der Waals surface area contributed by atoms with E-state index in [4.69, 9.17) is 0 Å². The van der Waals surface area contributed by atoms with E-state index < -0.39 is 0 Å². The molecular weight excluding hydrogens is 150 g/mol. The van der Waals surface area contributed by atoms with Crippen LogP contribution < -0.4 is 0 Å². The molecule has 0 aromatic carbocycles. The van der Waals surface area contributed by atoms with Crippen molar-refractivity contribution in [1.29, 1.82) is 0 Å². The van der Waals surface area contributed by atoms with Crippen LogP contribution in [-0.4, -0.2) is 13.1 Å². The minimum absolute atomic E-state index is 0.503. The number of hydrogen-bond acceptors (Lipinski definition) is 0. The van der Waals surface area contributed by atoms with Crippen molar-refractivity contribution in [2.75, 3.05) is 0 Å². The van der Waals surface area contributed by atoms with Gasteiger partial charge in [-0.3, -0.25) is 0 Å². The lowest BCUT2D eigenvalue weighted by atomic mass is 9.52. The number of hydrogen-bond donors (Lipinski definition) is 0. The smallest absolute Gasteiger partial charge is 0.102 e. The molecule has 0 aromatic heterocycles. The highest BCUT2D eigenvalue weighted by Gasteiger charge is 2.46. The van der Waals surface area contributed by atoms with E-state index in [-0.39, 0.29) is 0 Å². The summed E-state index contributed by atoms with van der Waals surface area (Å²) >= 11 is 0. The molecule has 0 bridgehead atoms. The second kappa shape index (κ2) is 2.63. The Kier molecular flexibility index (Phi) is 2.23. The van der Waals surface area contributed by atoms with Crippen molar-refractivity contribution in [2.24, 2.45) is 10.8 Å². The Labute approximate surface area is 73.4 Å². The lowest BCUT2D eigenvalue weighted by molar-refractivity contribution is 0.0985. The van der Waals surface area contributed by atoms with Gasteiger partial charge in [-0.05, 0) is 29.0 Å². The maximum absolute atomic E-state index is 3.62. The summed E-state index contributed by atoms with van der Waals surface area (Å²) in [7, 11) is 5.91. The van der Waals surface area contributed by atoms with Crippen molar-refractivity contribution in [3.05, 3.63) is 0 Å². The molecule has 1 fully saturated rings. The molecule has 1 aliphatic rings. The fourth-order valence-corrected chi connectivity index (χ4v) is 2.58. The van der Waals surface area contributed by atoms with Gasteiger partial charge >= 0.3 is 0 Å². The molecule has 0 N–H and O–H groups in total. The van der Waals surface area contributed by atoms with E-state index in [1.54, 1.807) is 0 Å². The van der Waals surface area contributed by atoms with Crippen molar-refractivity contribution < 1.29 is 0 Å². The summed E-state index contributed by atoms with van der Waals surface area (Å²) in [6.45, 7) is 7.16. The fraction of sp³-hybridized carbons (Fsp3) is 0.889. The van der Waals surface area contributed by atoms with E-state index in [2.05, 4.69) is 37.5 Å². The molecule has 62 valence electrons. The predicted octanol–water partition coefficient (Wildman–Crippen LogP) is 2.18. The molecule has 2 heteroatoms. The van der Waals surface area contributed by atoms with Crippen LogP contribution in [0.5, 0.6) is 0 Å². The summed E-state index contributed by atoms with van der Waals surface area (Å²) in [6.07, 6.45) is 3.82. The van der Waals surface area contributed by atoms with Crippen LogP contribution in [0.1, 0.15) is 33.6 Å². The molecule has 0 unspecified atom stereocenters. The zero-order valence-electron chi connectivity index (χ0n) is 8.12. The van der Waals surface area contributed by atoms with Crippen molar-refractivity contribution in [1.82, 2.24) is 0 Å². The minimum atomic E-state index is 0.503. The molecule has 11 heavy (non-hydrogen) atoms. The van der Waals surface area contributed by atoms with Crippen LogP contribution in [0.2, 0.25) is 6.32 Å². The molecule has 1 rings (SSSR count). The highest BCUT2D eigenvalue weighted by Crippen LogP contribution is 2.53. The topological polar surface area (TPSA) is 0 Å². The molecule has 1 aliphatic carbocycles. The Morgan fingerprint density at radius 3 is 2.27 bits per heavy atom. The Hall–Kier alpha value is 0.235. The van der Waals surface area contributed by atoms with Crippen molar-refractivity contribution in [3.63, 3.8) is 0 Å². The van der Waals surface area contributed by atoms with Crippen LogP contribution in [0.3, 0.4) is 0 Å². The highest BCUT2D eigenvalue weighted by atomic mass is 31.0. The summed E-state index contributed by atoms with van der Waals surface area (Å²) in [4.78, 5) is 0. The summed E-state index contributed by atoms with van der Waals surface area (Å²) < 4.78 is 0. The molecule has 0 radical (unpaired) electrons. The average Bonchev–Trinajstić information content (AvgIpc) is 1.85. The minimum Gasteiger partial charge on any atom is -0.123 e. The molecular formula is C9H18BP. The van der Waals surface area contributed by atoms with E-state index in [0.717, 1.165) is 0 Å². The molecule has 0 aromatic rings. The molecule has 1 saturated carbocycles. The van der Waals surface area contributed by atoms with Gasteiger partial charge in [0.05, 0.1) is 0 Å². The van der Waals surface area contributed by atoms with Gasteiger partial charge in [-0.25, -0.2) is 0 Å². The third-order valence-electron chi connectivity index (χ3n) is 3.72. The molecule has 0 aliphatic heterocycles. The summed E-state index contributed by atoms with van der Waals surface area (Å²) in [6, 6.07) is 0. The van der Waals surface area contributed by atoms with Gasteiger partial charge in [-0.15, -0.1) is 8.86 Å². The molecule has 0 nitrogen and oxygen atoms in total. The quantitative estimate of drug-likeness (QED) is 0.437. The van der Waals surface area contributed by atoms with Gasteiger partial charge in [0, 0.05) is 0 Å². The number of rotatable bonds is 2. The third kappa shape index (κ3) is 1.40. The van der Waals surface area contributed by atoms with Gasteiger partial charge in [0.25, 0.3) is 0 Å². The summed E-state index contributed by atoms with van der Waals surface area (Å²) in [5.74, 6) is 0. The maximum Gasteiger partial charge on any atom is 0.102 e. The molecule has 0 heterocycles. The monoisotopic (exact) mass is 168 g/mol. The van der Waals surface area contributed by atoms with E-state index in [1.807, 2.05) is 0 Å². The average molecular weight is 168 g/mol. The first kappa shape index (κ1) is 9.32. The normalized spacial score (nSPS) is 31.7. The van der Waals surface area contributed by atoms with E-state index in [9.17, 15) is 0 Å². The first-order valence-electron chi connectivity index (χ1n) is 4.47. The lowest BCUT2D eigenvalue weighted by Gasteiger charge is -2.52. The van der Waals surface area contributed by atoms with Gasteiger partial charge in [-0.1, -0.05) is 27.1 Å². The zero-order valence-corrected chi connectivity index (χ0v) is 9.12. The van der Waals surface area contributed by atoms with Crippen LogP contribution in [0.15, 0.2) is 0 Å². The Morgan fingerprint density at radius 2 is 2.00 bits per heavy atom. The standard InChI is InChI=1S/C9H18BP/c1-8(2,6-10)9(3)4-7(11)5-9/h11H,4-6,10H2,1-3H3. The largest absolute Gasteiger partial charge is 0.123 e. The first-order valence-corrected chi connectivity index (χ1v) is 4.97. The SMILES string of the molecule is BCC(C)(C)C1(C)CC(=P)C1. The van der Waals surface area contributed by atoms with Crippen LogP contribution in [0.4, 0.5) is 0 Å². The second-order valence-electron chi connectivity index (χ2n) is 4.76. The van der Waals surface area contributed by atoms with Gasteiger partial charge in [0.1, 0.15) is 7.85 Å². The Balaban J connectivity index is 2.67. The van der Waals surface area contributed by atoms with E-state index in [1.165, 1.54) is 24.5 Å². The van der Waals surface area contributed by atoms with Crippen molar-refractivity contribution in [3.8, 4) is 0 Å². The van der Waals surface area contributed by atoms with E-state index in [0.29, 0.717) is 10.8 Å². The van der Waals surface area contributed by atoms with Gasteiger partial charge in [-0.2, -0.15) is 0 Å². The molecule has 0 amide bonds. The van der Waals surface area contributed by atoms with Crippen LogP contribution in [-0.2, 0) is 0 Å². The Bertz CT molecular complexity index is 176. The maximum atomic E-state index is 3.62. The van der Waals surface area contributed by atoms with Crippen LogP contribution in [0, 0.1) is 10.8 Å². The predicted molar refractivity (Wildman–Crippen MR) is 57.8 cm³/mol. The van der Waals surface area contributed by atoms with Gasteiger partial charge < -0.3 is 0 Å². The van der Waals surface area contributed by atoms with Crippen LogP contribution in [0.25, 0.3) is 0 Å². The highest BCUT2D eigenvalue weighted by molar-refractivity contribution is 7.21. The van der Waals surface area contributed by atoms with Gasteiger partial charge in [0.2, 0.25) is 0 Å². The Morgan fingerprint density at radius 1 is 1.55 bits per heavy atom. The lowest BCUT2D eigenvalue weighted by Crippen LogP contribution is -2.45. The van der Waals surface area contributed by atoms with Crippen molar-refractivity contribution >= 4 is 22.0 Å². The van der Waals surface area contributed by atoms with Crippen LogP contribution >= 0.6 is 8.86 Å². The molecule has 0 spiro atoms. The molecule has 0 saturated heterocycles. The van der Waals surface area contributed by atoms with Gasteiger partial charge in [0.15, 0.2) is 0 Å². The fourth-order valence-electron chi connectivity index (χ4n) is 1.80. The third-order valence-corrected chi connectivity index (χ3v) is 4.08. The van der Waals surface area contributed by atoms with Crippen molar-refractivity contribution in [2.45, 2.75) is 39.9 Å². The zero-order chi connectivity index (χ0) is 8.70. The summed E-state index contributed by atoms with van der Waals surface area (Å²) in [5.41, 5.74) is 1.06. The molecule has 0 atom stereocenters.